The molecule has 2 aromatic carbocycles. The van der Waals surface area contributed by atoms with E-state index in [2.05, 4.69) is 5.32 Å². The largest absolute Gasteiger partial charge is 0.497 e. The van der Waals surface area contributed by atoms with Crippen molar-refractivity contribution in [3.05, 3.63) is 65.7 Å². The monoisotopic (exact) mass is 479 g/mol. The molecule has 1 N–H and O–H groups in total. The minimum Gasteiger partial charge on any atom is -0.497 e. The molecule has 186 valence electrons. The Hall–Kier alpha value is -3.59. The molecular formula is C26H33N5O4. The zero-order valence-electron chi connectivity index (χ0n) is 20.5. The summed E-state index contributed by atoms with van der Waals surface area (Å²) >= 11 is 0. The van der Waals surface area contributed by atoms with Gasteiger partial charge in [-0.1, -0.05) is 55.8 Å². The van der Waals surface area contributed by atoms with Gasteiger partial charge in [0.05, 0.1) is 20.2 Å². The number of carbonyl (C=O) groups excluding carboxylic acids is 3. The van der Waals surface area contributed by atoms with Gasteiger partial charge in [0.25, 0.3) is 0 Å². The number of fused-ring (bicyclic) bond motifs is 1. The van der Waals surface area contributed by atoms with Gasteiger partial charge in [0.15, 0.2) is 0 Å². The van der Waals surface area contributed by atoms with Crippen molar-refractivity contribution in [1.29, 1.82) is 0 Å². The molecule has 4 amide bonds. The standard InChI is InChI=1S/C26H33N5O4/c1-4-8-22-25(33)29(16-20-9-6-5-7-10-20)17-23-30(22)24(32)18-28(2)31(23)26(34)27-15-19-11-13-21(35-3)14-12-19/h5-7,9-14,22-23H,4,8,15-18H2,1-3H3,(H,27,34)/t22-,23-/m0/s1. The van der Waals surface area contributed by atoms with Crippen LogP contribution in [0.25, 0.3) is 0 Å². The summed E-state index contributed by atoms with van der Waals surface area (Å²) in [5.74, 6) is 0.545. The number of benzene rings is 2. The number of nitrogens with one attached hydrogen (secondary N) is 1. The Balaban J connectivity index is 1.56. The van der Waals surface area contributed by atoms with Crippen LogP contribution in [0.4, 0.5) is 4.79 Å². The normalized spacial score (nSPS) is 20.6. The lowest BCUT2D eigenvalue weighted by Crippen LogP contribution is -2.75. The van der Waals surface area contributed by atoms with Crippen LogP contribution in [0.3, 0.4) is 0 Å². The Labute approximate surface area is 206 Å². The number of rotatable bonds is 7. The molecule has 0 aromatic heterocycles. The van der Waals surface area contributed by atoms with E-state index in [1.54, 1.807) is 34.0 Å². The fourth-order valence-electron chi connectivity index (χ4n) is 4.80. The lowest BCUT2D eigenvalue weighted by atomic mass is 10.0. The predicted octanol–water partition coefficient (Wildman–Crippen LogP) is 2.43. The van der Waals surface area contributed by atoms with Crippen molar-refractivity contribution in [3.8, 4) is 5.75 Å². The van der Waals surface area contributed by atoms with Crippen molar-refractivity contribution >= 4 is 17.8 Å². The topological polar surface area (TPSA) is 85.4 Å². The summed E-state index contributed by atoms with van der Waals surface area (Å²) in [6.07, 6.45) is 0.735. The number of amides is 4. The van der Waals surface area contributed by atoms with Crippen LogP contribution in [0.1, 0.15) is 30.9 Å². The average Bonchev–Trinajstić information content (AvgIpc) is 2.86. The number of likely N-dealkylation sites (N-methyl/N-ethyl adjacent to an activating group) is 1. The molecular weight excluding hydrogens is 446 g/mol. The zero-order chi connectivity index (χ0) is 24.9. The molecule has 0 saturated carbocycles. The molecule has 2 saturated heterocycles. The van der Waals surface area contributed by atoms with E-state index in [1.165, 1.54) is 0 Å². The highest BCUT2D eigenvalue weighted by molar-refractivity contribution is 5.91. The maximum atomic E-state index is 13.4. The minimum atomic E-state index is -0.583. The lowest BCUT2D eigenvalue weighted by molar-refractivity contribution is -0.188. The number of ether oxygens (including phenoxy) is 1. The number of nitrogens with zero attached hydrogens (tertiary/aromatic N) is 4. The third kappa shape index (κ3) is 5.24. The van der Waals surface area contributed by atoms with E-state index in [9.17, 15) is 14.4 Å². The molecule has 2 aromatic rings. The van der Waals surface area contributed by atoms with Gasteiger partial charge in [-0.25, -0.2) is 14.8 Å². The molecule has 4 rings (SSSR count). The van der Waals surface area contributed by atoms with Crippen molar-refractivity contribution in [1.82, 2.24) is 25.1 Å². The molecule has 2 aliphatic rings. The van der Waals surface area contributed by atoms with E-state index in [1.807, 2.05) is 61.5 Å². The van der Waals surface area contributed by atoms with Crippen molar-refractivity contribution in [2.75, 3.05) is 27.2 Å². The number of hydrogen-bond acceptors (Lipinski definition) is 5. The van der Waals surface area contributed by atoms with Gasteiger partial charge in [-0.2, -0.15) is 0 Å². The van der Waals surface area contributed by atoms with Crippen molar-refractivity contribution in [3.63, 3.8) is 0 Å². The van der Waals surface area contributed by atoms with E-state index in [-0.39, 0.29) is 30.9 Å². The van der Waals surface area contributed by atoms with Gasteiger partial charge in [-0.3, -0.25) is 9.59 Å². The van der Waals surface area contributed by atoms with Gasteiger partial charge in [0.2, 0.25) is 11.8 Å². The number of urea groups is 1. The number of carbonyl (C=O) groups is 3. The van der Waals surface area contributed by atoms with Crippen LogP contribution in [0.2, 0.25) is 0 Å². The second kappa shape index (κ2) is 10.8. The molecule has 0 radical (unpaired) electrons. The molecule has 2 aliphatic heterocycles. The van der Waals surface area contributed by atoms with E-state index >= 15 is 0 Å². The molecule has 0 spiro atoms. The summed E-state index contributed by atoms with van der Waals surface area (Å²) in [5.41, 5.74) is 1.94. The fraction of sp³-hybridized carbons (Fsp3) is 0.423. The number of hydrazine groups is 1. The second-order valence-corrected chi connectivity index (χ2v) is 8.96. The molecule has 35 heavy (non-hydrogen) atoms. The highest BCUT2D eigenvalue weighted by Gasteiger charge is 2.50. The smallest absolute Gasteiger partial charge is 0.334 e. The van der Waals surface area contributed by atoms with Crippen LogP contribution < -0.4 is 10.1 Å². The van der Waals surface area contributed by atoms with Gasteiger partial charge in [0.1, 0.15) is 18.0 Å². The average molecular weight is 480 g/mol. The molecule has 2 heterocycles. The third-order valence-electron chi connectivity index (χ3n) is 6.53. The van der Waals surface area contributed by atoms with Crippen molar-refractivity contribution < 1.29 is 19.1 Å². The number of methoxy groups -OCH3 is 1. The van der Waals surface area contributed by atoms with Gasteiger partial charge in [-0.05, 0) is 29.7 Å². The second-order valence-electron chi connectivity index (χ2n) is 8.96. The highest BCUT2D eigenvalue weighted by atomic mass is 16.5. The SMILES string of the molecule is CCC[C@H]1C(=O)N(Cc2ccccc2)C[C@H]2N1C(=O)CN(C)N2C(=O)NCc1ccc(OC)cc1. The van der Waals surface area contributed by atoms with Gasteiger partial charge < -0.3 is 19.9 Å². The summed E-state index contributed by atoms with van der Waals surface area (Å²) in [4.78, 5) is 43.3. The van der Waals surface area contributed by atoms with Crippen LogP contribution in [-0.4, -0.2) is 77.1 Å². The first kappa shape index (κ1) is 24.5. The molecule has 0 unspecified atom stereocenters. The molecule has 2 atom stereocenters. The molecule has 9 nitrogen and oxygen atoms in total. The van der Waals surface area contributed by atoms with Crippen molar-refractivity contribution in [2.24, 2.45) is 0 Å². The van der Waals surface area contributed by atoms with Gasteiger partial charge >= 0.3 is 6.03 Å². The maximum Gasteiger partial charge on any atom is 0.334 e. The minimum absolute atomic E-state index is 0.0403. The summed E-state index contributed by atoms with van der Waals surface area (Å²) in [6.45, 7) is 3.05. The number of piperazine rings is 1. The first-order chi connectivity index (χ1) is 16.9. The molecule has 2 fully saturated rings. The van der Waals surface area contributed by atoms with Crippen LogP contribution in [0.5, 0.6) is 5.75 Å². The van der Waals surface area contributed by atoms with Crippen molar-refractivity contribution in [2.45, 2.75) is 45.1 Å². The number of hydrogen-bond donors (Lipinski definition) is 1. The summed E-state index contributed by atoms with van der Waals surface area (Å²) in [6, 6.07) is 16.4. The molecule has 9 heteroatoms. The third-order valence-corrected chi connectivity index (χ3v) is 6.53. The molecule has 0 aliphatic carbocycles. The van der Waals surface area contributed by atoms with E-state index in [4.69, 9.17) is 4.74 Å². The van der Waals surface area contributed by atoms with Crippen LogP contribution in [0, 0.1) is 0 Å². The Bertz CT molecular complexity index is 1050. The summed E-state index contributed by atoms with van der Waals surface area (Å²) in [5, 5.41) is 6.20. The van der Waals surface area contributed by atoms with Crippen LogP contribution in [0.15, 0.2) is 54.6 Å². The summed E-state index contributed by atoms with van der Waals surface area (Å²) < 4.78 is 5.19. The van der Waals surface area contributed by atoms with Gasteiger partial charge in [0, 0.05) is 20.1 Å². The first-order valence-electron chi connectivity index (χ1n) is 12.0. The first-order valence-corrected chi connectivity index (χ1v) is 12.0. The lowest BCUT2D eigenvalue weighted by Gasteiger charge is -2.54. The Morgan fingerprint density at radius 3 is 2.43 bits per heavy atom. The quantitative estimate of drug-likeness (QED) is 0.659. The maximum absolute atomic E-state index is 13.4. The Morgan fingerprint density at radius 1 is 1.06 bits per heavy atom. The van der Waals surface area contributed by atoms with Crippen LogP contribution in [-0.2, 0) is 22.7 Å². The predicted molar refractivity (Wildman–Crippen MR) is 131 cm³/mol. The summed E-state index contributed by atoms with van der Waals surface area (Å²) in [7, 11) is 3.34. The van der Waals surface area contributed by atoms with E-state index < -0.39 is 12.2 Å². The van der Waals surface area contributed by atoms with Gasteiger partial charge in [-0.15, -0.1) is 0 Å². The van der Waals surface area contributed by atoms with E-state index in [0.29, 0.717) is 19.5 Å². The van der Waals surface area contributed by atoms with Crippen LogP contribution >= 0.6 is 0 Å². The van der Waals surface area contributed by atoms with E-state index in [0.717, 1.165) is 23.3 Å². The highest BCUT2D eigenvalue weighted by Crippen LogP contribution is 2.28. The fourth-order valence-corrected chi connectivity index (χ4v) is 4.80. The zero-order valence-corrected chi connectivity index (χ0v) is 20.5. The Kier molecular flexibility index (Phi) is 7.55. The Morgan fingerprint density at radius 2 is 1.77 bits per heavy atom. The molecule has 0 bridgehead atoms.